The van der Waals surface area contributed by atoms with Gasteiger partial charge in [-0.2, -0.15) is 5.10 Å². The number of hydrogen-bond acceptors (Lipinski definition) is 2. The van der Waals surface area contributed by atoms with Crippen LogP contribution in [-0.2, 0) is 0 Å². The van der Waals surface area contributed by atoms with E-state index in [0.29, 0.717) is 6.04 Å². The lowest BCUT2D eigenvalue weighted by molar-refractivity contribution is 0.550. The van der Waals surface area contributed by atoms with E-state index in [2.05, 4.69) is 23.9 Å². The Morgan fingerprint density at radius 2 is 2.17 bits per heavy atom. The van der Waals surface area contributed by atoms with Crippen molar-refractivity contribution in [2.45, 2.75) is 19.9 Å². The van der Waals surface area contributed by atoms with E-state index in [1.165, 1.54) is 0 Å². The number of pyridine rings is 1. The van der Waals surface area contributed by atoms with Crippen molar-refractivity contribution in [1.29, 1.82) is 0 Å². The second-order valence-corrected chi connectivity index (χ2v) is 3.12. The van der Waals surface area contributed by atoms with Gasteiger partial charge in [-0.15, -0.1) is 0 Å². The molecule has 0 saturated heterocycles. The highest BCUT2D eigenvalue weighted by Crippen LogP contribution is 2.15. The minimum Gasteiger partial charge on any atom is -0.262 e. The van der Waals surface area contributed by atoms with Crippen LogP contribution in [0.4, 0.5) is 0 Å². The van der Waals surface area contributed by atoms with Crippen molar-refractivity contribution in [2.24, 2.45) is 0 Å². The van der Waals surface area contributed by atoms with Gasteiger partial charge in [-0.1, -0.05) is 0 Å². The Morgan fingerprint density at radius 3 is 2.92 bits per heavy atom. The van der Waals surface area contributed by atoms with Crippen molar-refractivity contribution in [3.63, 3.8) is 0 Å². The molecule has 0 saturated carbocycles. The fourth-order valence-corrected chi connectivity index (χ4v) is 1.30. The van der Waals surface area contributed by atoms with E-state index < -0.39 is 0 Å². The average Bonchev–Trinajstić information content (AvgIpc) is 2.47. The summed E-state index contributed by atoms with van der Waals surface area (Å²) in [6.45, 7) is 4.22. The van der Waals surface area contributed by atoms with E-state index in [0.717, 1.165) is 10.9 Å². The predicted molar refractivity (Wildman–Crippen MR) is 47.9 cm³/mol. The number of fused-ring (bicyclic) bond motifs is 1. The third-order valence-corrected chi connectivity index (χ3v) is 1.89. The number of nitrogens with zero attached hydrogens (tertiary/aromatic N) is 3. The quantitative estimate of drug-likeness (QED) is 0.640. The molecule has 0 atom stereocenters. The van der Waals surface area contributed by atoms with Gasteiger partial charge in [0.2, 0.25) is 0 Å². The molecule has 2 aromatic rings. The normalized spacial score (nSPS) is 11.2. The zero-order valence-electron chi connectivity index (χ0n) is 7.23. The molecule has 3 heteroatoms. The van der Waals surface area contributed by atoms with Crippen LogP contribution < -0.4 is 0 Å². The van der Waals surface area contributed by atoms with Gasteiger partial charge >= 0.3 is 0 Å². The Balaban J connectivity index is 2.70. The molecule has 0 spiro atoms. The van der Waals surface area contributed by atoms with E-state index in [9.17, 15) is 0 Å². The van der Waals surface area contributed by atoms with Gasteiger partial charge in [0.25, 0.3) is 0 Å². The molecule has 0 amide bonds. The fraction of sp³-hybridized carbons (Fsp3) is 0.333. The van der Waals surface area contributed by atoms with Gasteiger partial charge in [0.1, 0.15) is 0 Å². The molecule has 2 aromatic heterocycles. The van der Waals surface area contributed by atoms with Crippen LogP contribution in [0.5, 0.6) is 0 Å². The van der Waals surface area contributed by atoms with Crippen LogP contribution in [0.15, 0.2) is 24.7 Å². The van der Waals surface area contributed by atoms with Gasteiger partial charge in [-0.05, 0) is 19.9 Å². The zero-order chi connectivity index (χ0) is 8.55. The highest BCUT2D eigenvalue weighted by molar-refractivity contribution is 5.77. The maximum Gasteiger partial charge on any atom is 0.0868 e. The predicted octanol–water partition coefficient (Wildman–Crippen LogP) is 2.01. The van der Waals surface area contributed by atoms with Gasteiger partial charge in [0.15, 0.2) is 0 Å². The molecule has 0 unspecified atom stereocenters. The van der Waals surface area contributed by atoms with Crippen LogP contribution in [0.25, 0.3) is 10.9 Å². The molecule has 12 heavy (non-hydrogen) atoms. The van der Waals surface area contributed by atoms with Crippen LogP contribution in [-0.4, -0.2) is 14.8 Å². The average molecular weight is 161 g/mol. The number of aromatic nitrogens is 3. The van der Waals surface area contributed by atoms with Crippen molar-refractivity contribution in [3.8, 4) is 0 Å². The highest BCUT2D eigenvalue weighted by Gasteiger charge is 2.03. The molecule has 0 fully saturated rings. The Morgan fingerprint density at radius 1 is 1.33 bits per heavy atom. The minimum atomic E-state index is 0.395. The SMILES string of the molecule is CC(C)n1ncc2ccncc21. The molecule has 0 aliphatic rings. The summed E-state index contributed by atoms with van der Waals surface area (Å²) in [4.78, 5) is 4.07. The lowest BCUT2D eigenvalue weighted by Crippen LogP contribution is -2.01. The first-order valence-electron chi connectivity index (χ1n) is 4.06. The molecule has 2 rings (SSSR count). The lowest BCUT2D eigenvalue weighted by atomic mass is 10.3. The molecule has 2 heterocycles. The minimum absolute atomic E-state index is 0.395. The van der Waals surface area contributed by atoms with Gasteiger partial charge in [0.05, 0.1) is 17.9 Å². The summed E-state index contributed by atoms with van der Waals surface area (Å²) >= 11 is 0. The molecule has 0 aromatic carbocycles. The molecular formula is C9H11N3. The van der Waals surface area contributed by atoms with Crippen LogP contribution in [0.1, 0.15) is 19.9 Å². The fourth-order valence-electron chi connectivity index (χ4n) is 1.30. The largest absolute Gasteiger partial charge is 0.262 e. The van der Waals surface area contributed by atoms with Crippen molar-refractivity contribution >= 4 is 10.9 Å². The summed E-state index contributed by atoms with van der Waals surface area (Å²) < 4.78 is 1.97. The van der Waals surface area contributed by atoms with Gasteiger partial charge in [-0.3, -0.25) is 9.67 Å². The molecule has 0 N–H and O–H groups in total. The topological polar surface area (TPSA) is 30.7 Å². The third-order valence-electron chi connectivity index (χ3n) is 1.89. The first-order chi connectivity index (χ1) is 5.79. The van der Waals surface area contributed by atoms with Gasteiger partial charge in [-0.25, -0.2) is 0 Å². The smallest absolute Gasteiger partial charge is 0.0868 e. The summed E-state index contributed by atoms with van der Waals surface area (Å²) in [6.07, 6.45) is 5.51. The summed E-state index contributed by atoms with van der Waals surface area (Å²) in [6, 6.07) is 2.37. The maximum absolute atomic E-state index is 4.27. The molecule has 62 valence electrons. The first-order valence-corrected chi connectivity index (χ1v) is 4.06. The molecule has 0 bridgehead atoms. The standard InChI is InChI=1S/C9H11N3/c1-7(2)12-9-6-10-4-3-8(9)5-11-12/h3-7H,1-2H3. The van der Waals surface area contributed by atoms with Crippen LogP contribution in [0, 0.1) is 0 Å². The van der Waals surface area contributed by atoms with E-state index in [1.54, 1.807) is 6.20 Å². The number of rotatable bonds is 1. The van der Waals surface area contributed by atoms with E-state index in [-0.39, 0.29) is 0 Å². The van der Waals surface area contributed by atoms with Crippen LogP contribution >= 0.6 is 0 Å². The number of hydrogen-bond donors (Lipinski definition) is 0. The Bertz CT molecular complexity index is 389. The molecule has 0 radical (unpaired) electrons. The van der Waals surface area contributed by atoms with Crippen molar-refractivity contribution in [3.05, 3.63) is 24.7 Å². The first kappa shape index (κ1) is 7.28. The van der Waals surface area contributed by atoms with E-state index in [1.807, 2.05) is 23.1 Å². The maximum atomic E-state index is 4.27. The summed E-state index contributed by atoms with van der Waals surface area (Å²) in [5.74, 6) is 0. The third kappa shape index (κ3) is 0.978. The van der Waals surface area contributed by atoms with Crippen molar-refractivity contribution in [2.75, 3.05) is 0 Å². The molecule has 0 aliphatic carbocycles. The zero-order valence-corrected chi connectivity index (χ0v) is 7.23. The van der Waals surface area contributed by atoms with E-state index >= 15 is 0 Å². The monoisotopic (exact) mass is 161 g/mol. The lowest BCUT2D eigenvalue weighted by Gasteiger charge is -2.05. The summed E-state index contributed by atoms with van der Waals surface area (Å²) in [7, 11) is 0. The molecular weight excluding hydrogens is 150 g/mol. The highest BCUT2D eigenvalue weighted by atomic mass is 15.3. The van der Waals surface area contributed by atoms with E-state index in [4.69, 9.17) is 0 Å². The Kier molecular flexibility index (Phi) is 1.57. The van der Waals surface area contributed by atoms with Crippen LogP contribution in [0.2, 0.25) is 0 Å². The summed E-state index contributed by atoms with van der Waals surface area (Å²) in [5, 5.41) is 5.42. The Labute approximate surface area is 71.0 Å². The second kappa shape index (κ2) is 2.59. The van der Waals surface area contributed by atoms with Gasteiger partial charge < -0.3 is 0 Å². The van der Waals surface area contributed by atoms with Crippen molar-refractivity contribution < 1.29 is 0 Å². The van der Waals surface area contributed by atoms with Crippen LogP contribution in [0.3, 0.4) is 0 Å². The summed E-state index contributed by atoms with van der Waals surface area (Å²) in [5.41, 5.74) is 1.10. The molecule has 0 aliphatic heterocycles. The Hall–Kier alpha value is -1.38. The van der Waals surface area contributed by atoms with Gasteiger partial charge in [0, 0.05) is 17.6 Å². The molecule has 3 nitrogen and oxygen atoms in total. The second-order valence-electron chi connectivity index (χ2n) is 3.12. The van der Waals surface area contributed by atoms with Crippen molar-refractivity contribution in [1.82, 2.24) is 14.8 Å².